The molecule has 1 aromatic carbocycles. The van der Waals surface area contributed by atoms with Crippen LogP contribution in [0.25, 0.3) is 0 Å². The molecule has 0 saturated carbocycles. The number of carbonyl (C=O) groups is 12. The average Bonchev–Trinajstić information content (AvgIpc) is 0.913. The molecule has 1 saturated heterocycles. The van der Waals surface area contributed by atoms with E-state index in [0.717, 1.165) is 11.1 Å². The number of carboxylic acids is 1. The number of hydrogen-bond acceptors (Lipinski definition) is 22. The van der Waals surface area contributed by atoms with Gasteiger partial charge in [-0.1, -0.05) is 29.8 Å². The van der Waals surface area contributed by atoms with Crippen LogP contribution < -0.4 is 37.2 Å². The highest BCUT2D eigenvalue weighted by atomic mass is 16.6. The molecule has 8 N–H and O–H groups in total. The van der Waals surface area contributed by atoms with E-state index in [0.29, 0.717) is 97.6 Å². The molecule has 0 bridgehead atoms. The molecule has 7 amide bonds. The van der Waals surface area contributed by atoms with E-state index in [4.69, 9.17) is 33.5 Å². The van der Waals surface area contributed by atoms with Gasteiger partial charge in [-0.3, -0.25) is 72.2 Å². The summed E-state index contributed by atoms with van der Waals surface area (Å²) in [6.07, 6.45) is 2.71. The monoisotopic (exact) mass is 1400 g/mol. The summed E-state index contributed by atoms with van der Waals surface area (Å²) >= 11 is 0. The number of carbonyl (C=O) groups excluding carboxylic acids is 11. The number of nitrogens with one attached hydrogen (secondary N) is 7. The minimum atomic E-state index is -1.29. The minimum absolute atomic E-state index is 0.00970. The van der Waals surface area contributed by atoms with Gasteiger partial charge in [0, 0.05) is 91.3 Å². The molecule has 30 heteroatoms. The van der Waals surface area contributed by atoms with E-state index in [1.54, 1.807) is 20.8 Å². The van der Waals surface area contributed by atoms with Crippen molar-refractivity contribution in [2.45, 2.75) is 195 Å². The van der Waals surface area contributed by atoms with Crippen LogP contribution in [0.1, 0.15) is 158 Å². The maximum Gasteiger partial charge on any atom is 0.320 e. The first-order chi connectivity index (χ1) is 46.3. The summed E-state index contributed by atoms with van der Waals surface area (Å²) in [6.45, 7) is 26.5. The molecule has 2 atom stereocenters. The van der Waals surface area contributed by atoms with E-state index < -0.39 is 95.7 Å². The van der Waals surface area contributed by atoms with Gasteiger partial charge in [0.1, 0.15) is 41.1 Å². The maximum atomic E-state index is 13.6. The van der Waals surface area contributed by atoms with Crippen LogP contribution in [0, 0.1) is 6.92 Å². The number of hydrogen-bond donors (Lipinski definition) is 8. The molecule has 562 valence electrons. The van der Waals surface area contributed by atoms with Crippen LogP contribution in [0.5, 0.6) is 0 Å². The Morgan fingerprint density at radius 2 is 0.869 bits per heavy atom. The molecule has 2 rings (SSSR count). The van der Waals surface area contributed by atoms with E-state index in [9.17, 15) is 57.5 Å². The lowest BCUT2D eigenvalue weighted by atomic mass is 10.1. The molecule has 0 unspecified atom stereocenters. The van der Waals surface area contributed by atoms with Crippen LogP contribution in [-0.2, 0) is 92.4 Å². The Morgan fingerprint density at radius 3 is 1.39 bits per heavy atom. The summed E-state index contributed by atoms with van der Waals surface area (Å²) in [6, 6.07) is 5.89. The van der Waals surface area contributed by atoms with Crippen molar-refractivity contribution < 1.29 is 91.1 Å². The molecule has 1 fully saturated rings. The standard InChI is InChI=1S/C69H117N11O19/c1-50-22-24-51(25-23-50)18-16-20-55(82)75-52(64(92)72-31-41-94-42-43-95-49-58(85)76-53(26-27-60(88)96-66(2,3)4)65(93)74-45-57(84)73-44-56(83)71-30-28-59(86)87)19-14-15-29-70-54(81)21-17-32-77-33-35-78(46-61(89)97-67(5,6)7)37-39-80(48-63(91)99-69(11,12)13)40-38-79(36-34-77)47-62(90)98-68(8,9)10/h22-25,52-53H,14-21,26-49H2,1-13H3,(H,70,81)(H,71,83)(H,72,92)(H,73,84)(H,74,93)(H,75,82)(H,76,85)(H,86,87)/t52-,53+/m0/s1. The molecule has 1 heterocycles. The molecular formula is C69H117N11O19. The molecule has 0 aliphatic carbocycles. The Hall–Kier alpha value is -7.38. The number of nitrogens with zero attached hydrogens (tertiary/aromatic N) is 4. The van der Waals surface area contributed by atoms with Crippen molar-refractivity contribution in [1.82, 2.24) is 56.8 Å². The lowest BCUT2D eigenvalue weighted by molar-refractivity contribution is -0.158. The fourth-order valence-corrected chi connectivity index (χ4v) is 9.76. The van der Waals surface area contributed by atoms with Crippen LogP contribution in [0.4, 0.5) is 0 Å². The van der Waals surface area contributed by atoms with Crippen LogP contribution in [0.3, 0.4) is 0 Å². The molecule has 0 aromatic heterocycles. The van der Waals surface area contributed by atoms with Gasteiger partial charge in [-0.05, 0) is 147 Å². The number of rotatable bonds is 41. The highest BCUT2D eigenvalue weighted by molar-refractivity contribution is 5.92. The third kappa shape index (κ3) is 47.3. The van der Waals surface area contributed by atoms with Gasteiger partial charge in [0.05, 0.1) is 59.0 Å². The molecule has 0 radical (unpaired) electrons. The number of carboxylic acid groups (broad SMARTS) is 1. The van der Waals surface area contributed by atoms with Crippen molar-refractivity contribution in [2.75, 3.05) is 138 Å². The molecule has 1 aromatic rings. The molecule has 1 aliphatic heterocycles. The highest BCUT2D eigenvalue weighted by Crippen LogP contribution is 2.15. The van der Waals surface area contributed by atoms with Gasteiger partial charge in [0.25, 0.3) is 0 Å². The normalized spacial score (nSPS) is 14.7. The number of aryl methyl sites for hydroxylation is 2. The topological polar surface area (TPSA) is 378 Å². The first-order valence-electron chi connectivity index (χ1n) is 34.5. The third-order valence-electron chi connectivity index (χ3n) is 14.4. The quantitative estimate of drug-likeness (QED) is 0.0263. The van der Waals surface area contributed by atoms with Crippen LogP contribution in [0.2, 0.25) is 0 Å². The van der Waals surface area contributed by atoms with Gasteiger partial charge < -0.3 is 75.6 Å². The lowest BCUT2D eigenvalue weighted by Crippen LogP contribution is -2.50. The zero-order valence-corrected chi connectivity index (χ0v) is 61.2. The third-order valence-corrected chi connectivity index (χ3v) is 14.4. The second-order valence-electron chi connectivity index (χ2n) is 28.5. The zero-order chi connectivity index (χ0) is 74.2. The maximum absolute atomic E-state index is 13.6. The van der Waals surface area contributed by atoms with Gasteiger partial charge >= 0.3 is 29.8 Å². The number of ether oxygens (including phenoxy) is 6. The SMILES string of the molecule is Cc1ccc(CCCC(=O)N[C@@H](CCCCNC(=O)CCCN2CCN(CC(=O)OC(C)(C)C)CCN(CC(=O)OC(C)(C)C)CCN(CC(=O)OC(C)(C)C)CC2)C(=O)NCCOCCOCC(=O)N[C@H](CCC(=O)OC(C)(C)C)C(=O)NCC(=O)NCC(=O)NCCC(=O)O)cc1. The average molecular weight is 1400 g/mol. The summed E-state index contributed by atoms with van der Waals surface area (Å²) in [7, 11) is 0. The summed E-state index contributed by atoms with van der Waals surface area (Å²) in [4.78, 5) is 161. The molecule has 30 nitrogen and oxygen atoms in total. The fraction of sp³-hybridized carbons (Fsp3) is 0.739. The van der Waals surface area contributed by atoms with Crippen molar-refractivity contribution in [3.05, 3.63) is 35.4 Å². The highest BCUT2D eigenvalue weighted by Gasteiger charge is 2.29. The van der Waals surface area contributed by atoms with Gasteiger partial charge in [-0.25, -0.2) is 0 Å². The first kappa shape index (κ1) is 87.7. The largest absolute Gasteiger partial charge is 0.481 e. The van der Waals surface area contributed by atoms with E-state index >= 15 is 0 Å². The van der Waals surface area contributed by atoms with E-state index in [2.05, 4.69) is 42.1 Å². The summed E-state index contributed by atoms with van der Waals surface area (Å²) in [5.41, 5.74) is -0.649. The van der Waals surface area contributed by atoms with Gasteiger partial charge in [0.15, 0.2) is 0 Å². The van der Waals surface area contributed by atoms with E-state index in [-0.39, 0.29) is 121 Å². The Morgan fingerprint density at radius 1 is 0.424 bits per heavy atom. The number of benzene rings is 1. The second kappa shape index (κ2) is 46.1. The Bertz CT molecular complexity index is 2660. The zero-order valence-electron chi connectivity index (χ0n) is 61.2. The number of aliphatic carboxylic acids is 1. The van der Waals surface area contributed by atoms with Crippen molar-refractivity contribution in [3.63, 3.8) is 0 Å². The van der Waals surface area contributed by atoms with Gasteiger partial charge in [-0.15, -0.1) is 0 Å². The summed E-state index contributed by atoms with van der Waals surface area (Å²) in [5.74, 6) is -6.65. The number of esters is 4. The smallest absolute Gasteiger partial charge is 0.320 e. The van der Waals surface area contributed by atoms with Gasteiger partial charge in [0.2, 0.25) is 41.4 Å². The summed E-state index contributed by atoms with van der Waals surface area (Å²) < 4.78 is 33.5. The van der Waals surface area contributed by atoms with Crippen molar-refractivity contribution in [1.29, 1.82) is 0 Å². The fourth-order valence-electron chi connectivity index (χ4n) is 9.76. The predicted octanol–water partition coefficient (Wildman–Crippen LogP) is 1.70. The van der Waals surface area contributed by atoms with Crippen molar-refractivity contribution >= 4 is 71.2 Å². The molecular weight excluding hydrogens is 1290 g/mol. The Kier molecular flexibility index (Phi) is 40.9. The predicted molar refractivity (Wildman–Crippen MR) is 368 cm³/mol. The first-order valence-corrected chi connectivity index (χ1v) is 34.5. The van der Waals surface area contributed by atoms with Crippen molar-refractivity contribution in [3.8, 4) is 0 Å². The summed E-state index contributed by atoms with van der Waals surface area (Å²) in [5, 5.41) is 26.9. The Balaban J connectivity index is 2.01. The molecule has 0 spiro atoms. The van der Waals surface area contributed by atoms with Crippen molar-refractivity contribution in [2.24, 2.45) is 0 Å². The second-order valence-corrected chi connectivity index (χ2v) is 28.5. The number of unbranched alkanes of at least 4 members (excludes halogenated alkanes) is 1. The number of amides is 7. The van der Waals surface area contributed by atoms with E-state index in [1.807, 2.05) is 108 Å². The molecule has 1 aliphatic rings. The Labute approximate surface area is 585 Å². The van der Waals surface area contributed by atoms with Crippen LogP contribution in [-0.4, -0.2) is 268 Å². The van der Waals surface area contributed by atoms with Gasteiger partial charge in [-0.2, -0.15) is 0 Å². The van der Waals surface area contributed by atoms with Crippen LogP contribution in [0.15, 0.2) is 24.3 Å². The minimum Gasteiger partial charge on any atom is -0.481 e. The van der Waals surface area contributed by atoms with Crippen LogP contribution >= 0.6 is 0 Å². The lowest BCUT2D eigenvalue weighted by Gasteiger charge is -2.34. The van der Waals surface area contributed by atoms with E-state index in [1.165, 1.54) is 0 Å². The molecule has 99 heavy (non-hydrogen) atoms.